The number of nitrogens with two attached hydrogens (primary N) is 1. The first kappa shape index (κ1) is 17.4. The van der Waals surface area contributed by atoms with Gasteiger partial charge in [0, 0.05) is 10.7 Å². The fraction of sp³-hybridized carbons (Fsp3) is 0.188. The lowest BCUT2D eigenvalue weighted by atomic mass is 10.1. The number of halogens is 2. The number of guanidine groups is 1. The van der Waals surface area contributed by atoms with E-state index in [0.29, 0.717) is 21.5 Å². The number of rotatable bonds is 5. The molecule has 1 unspecified atom stereocenters. The molecule has 0 aromatic heterocycles. The largest absolute Gasteiger partial charge is 0.495 e. The molecular weight excluding hydrogens is 337 g/mol. The molecule has 7 heteroatoms. The van der Waals surface area contributed by atoms with Crippen LogP contribution in [-0.4, -0.2) is 24.7 Å². The summed E-state index contributed by atoms with van der Waals surface area (Å²) in [5.74, 6) is 0.755. The van der Waals surface area contributed by atoms with Gasteiger partial charge in [0.1, 0.15) is 5.75 Å². The Bertz CT molecular complexity index is 690. The van der Waals surface area contributed by atoms with Gasteiger partial charge >= 0.3 is 0 Å². The molecule has 4 N–H and O–H groups in total. The van der Waals surface area contributed by atoms with Gasteiger partial charge in [-0.15, -0.1) is 0 Å². The molecule has 0 aliphatic heterocycles. The summed E-state index contributed by atoms with van der Waals surface area (Å²) in [5, 5.41) is 14.1. The third kappa shape index (κ3) is 5.03. The van der Waals surface area contributed by atoms with Crippen LogP contribution in [0, 0.1) is 0 Å². The zero-order valence-electron chi connectivity index (χ0n) is 12.5. The first-order valence-corrected chi connectivity index (χ1v) is 7.59. The first-order valence-electron chi connectivity index (χ1n) is 6.83. The van der Waals surface area contributed by atoms with Crippen molar-refractivity contribution in [3.8, 4) is 5.75 Å². The van der Waals surface area contributed by atoms with E-state index in [1.807, 2.05) is 0 Å². The van der Waals surface area contributed by atoms with E-state index in [4.69, 9.17) is 33.7 Å². The van der Waals surface area contributed by atoms with Crippen molar-refractivity contribution in [3.05, 3.63) is 58.1 Å². The van der Waals surface area contributed by atoms with Crippen LogP contribution in [0.5, 0.6) is 5.75 Å². The minimum absolute atomic E-state index is 0.129. The number of aliphatic imine (C=N–C) groups is 1. The molecule has 2 rings (SSSR count). The van der Waals surface area contributed by atoms with Gasteiger partial charge in [0.15, 0.2) is 5.96 Å². The maximum absolute atomic E-state index is 10.1. The second kappa shape index (κ2) is 8.06. The maximum atomic E-state index is 10.1. The van der Waals surface area contributed by atoms with E-state index in [9.17, 15) is 5.11 Å². The van der Waals surface area contributed by atoms with Gasteiger partial charge < -0.3 is 20.9 Å². The molecule has 0 saturated heterocycles. The van der Waals surface area contributed by atoms with Crippen LogP contribution in [0.1, 0.15) is 11.7 Å². The maximum Gasteiger partial charge on any atom is 0.193 e. The molecule has 0 heterocycles. The number of hydrogen-bond acceptors (Lipinski definition) is 3. The van der Waals surface area contributed by atoms with Crippen LogP contribution in [0.3, 0.4) is 0 Å². The van der Waals surface area contributed by atoms with Crippen LogP contribution in [0.2, 0.25) is 10.0 Å². The van der Waals surface area contributed by atoms with E-state index >= 15 is 0 Å². The van der Waals surface area contributed by atoms with Crippen LogP contribution in [0.15, 0.2) is 47.5 Å². The number of nitrogens with one attached hydrogen (secondary N) is 1. The van der Waals surface area contributed by atoms with E-state index in [-0.39, 0.29) is 12.5 Å². The normalized spacial score (nSPS) is 12.8. The molecule has 23 heavy (non-hydrogen) atoms. The van der Waals surface area contributed by atoms with Gasteiger partial charge in [-0.25, -0.2) is 0 Å². The Labute approximate surface area is 144 Å². The van der Waals surface area contributed by atoms with Crippen LogP contribution in [0.4, 0.5) is 5.69 Å². The Kier molecular flexibility index (Phi) is 6.10. The molecule has 0 bridgehead atoms. The lowest BCUT2D eigenvalue weighted by molar-refractivity contribution is 0.187. The van der Waals surface area contributed by atoms with E-state index in [0.717, 1.165) is 5.56 Å². The average Bonchev–Trinajstić information content (AvgIpc) is 2.53. The van der Waals surface area contributed by atoms with Gasteiger partial charge in [-0.3, -0.25) is 4.99 Å². The number of methoxy groups -OCH3 is 1. The summed E-state index contributed by atoms with van der Waals surface area (Å²) in [6, 6.07) is 12.1. The molecular formula is C16H17Cl2N3O2. The highest BCUT2D eigenvalue weighted by Gasteiger charge is 2.07. The minimum atomic E-state index is -0.757. The predicted molar refractivity (Wildman–Crippen MR) is 94.5 cm³/mol. The topological polar surface area (TPSA) is 79.9 Å². The second-order valence-electron chi connectivity index (χ2n) is 4.77. The van der Waals surface area contributed by atoms with Gasteiger partial charge in [-0.2, -0.15) is 0 Å². The van der Waals surface area contributed by atoms with Crippen molar-refractivity contribution in [2.75, 3.05) is 19.0 Å². The fourth-order valence-electron chi connectivity index (χ4n) is 1.91. The zero-order valence-corrected chi connectivity index (χ0v) is 14.0. The molecule has 0 fully saturated rings. The van der Waals surface area contributed by atoms with E-state index in [1.165, 1.54) is 0 Å². The van der Waals surface area contributed by atoms with Crippen molar-refractivity contribution in [1.82, 2.24) is 0 Å². The highest BCUT2D eigenvalue weighted by atomic mass is 35.5. The van der Waals surface area contributed by atoms with Gasteiger partial charge in [0.2, 0.25) is 0 Å². The molecule has 122 valence electrons. The number of benzene rings is 2. The van der Waals surface area contributed by atoms with Gasteiger partial charge in [-0.05, 0) is 35.9 Å². The van der Waals surface area contributed by atoms with Crippen molar-refractivity contribution in [3.63, 3.8) is 0 Å². The lowest BCUT2D eigenvalue weighted by Crippen LogP contribution is -2.23. The van der Waals surface area contributed by atoms with Gasteiger partial charge in [-0.1, -0.05) is 35.3 Å². The minimum Gasteiger partial charge on any atom is -0.495 e. The average molecular weight is 354 g/mol. The number of nitrogens with zero attached hydrogens (tertiary/aromatic N) is 1. The molecule has 0 aliphatic rings. The lowest BCUT2D eigenvalue weighted by Gasteiger charge is -2.11. The van der Waals surface area contributed by atoms with Crippen molar-refractivity contribution >= 4 is 34.8 Å². The summed E-state index contributed by atoms with van der Waals surface area (Å²) in [4.78, 5) is 4.12. The molecule has 1 atom stereocenters. The number of hydrogen-bond donors (Lipinski definition) is 3. The molecule has 2 aromatic rings. The standard InChI is InChI=1S/C16H17Cl2N3O2/c1-23-15-7-6-12(8-13(15)18)21-16(19)20-9-14(22)10-2-4-11(17)5-3-10/h2-8,14,22H,9H2,1H3,(H3,19,20,21). The molecule has 0 radical (unpaired) electrons. The van der Waals surface area contributed by atoms with Gasteiger partial charge in [0.05, 0.1) is 24.8 Å². The number of aliphatic hydroxyl groups is 1. The number of ether oxygens (including phenoxy) is 1. The van der Waals surface area contributed by atoms with Gasteiger partial charge in [0.25, 0.3) is 0 Å². The number of anilines is 1. The Morgan fingerprint density at radius 3 is 2.57 bits per heavy atom. The SMILES string of the molecule is COc1ccc(NC(N)=NCC(O)c2ccc(Cl)cc2)cc1Cl. The summed E-state index contributed by atoms with van der Waals surface area (Å²) in [5.41, 5.74) is 7.21. The molecule has 0 saturated carbocycles. The Morgan fingerprint density at radius 1 is 1.26 bits per heavy atom. The molecule has 2 aromatic carbocycles. The Morgan fingerprint density at radius 2 is 1.96 bits per heavy atom. The van der Waals surface area contributed by atoms with Crippen molar-refractivity contribution < 1.29 is 9.84 Å². The third-order valence-electron chi connectivity index (χ3n) is 3.11. The monoisotopic (exact) mass is 353 g/mol. The summed E-state index contributed by atoms with van der Waals surface area (Å²) < 4.78 is 5.08. The fourth-order valence-corrected chi connectivity index (χ4v) is 2.29. The Balaban J connectivity index is 1.97. The van der Waals surface area contributed by atoms with Crippen LogP contribution in [-0.2, 0) is 0 Å². The smallest absolute Gasteiger partial charge is 0.193 e. The summed E-state index contributed by atoms with van der Waals surface area (Å²) in [6.07, 6.45) is -0.757. The van der Waals surface area contributed by atoms with Crippen LogP contribution < -0.4 is 15.8 Å². The summed E-state index contributed by atoms with van der Waals surface area (Å²) in [6.45, 7) is 0.129. The van der Waals surface area contributed by atoms with Crippen LogP contribution >= 0.6 is 23.2 Å². The second-order valence-corrected chi connectivity index (χ2v) is 5.61. The summed E-state index contributed by atoms with van der Waals surface area (Å²) in [7, 11) is 1.54. The van der Waals surface area contributed by atoms with E-state index in [1.54, 1.807) is 49.6 Å². The predicted octanol–water partition coefficient (Wildman–Crippen LogP) is 3.46. The van der Waals surface area contributed by atoms with Crippen molar-refractivity contribution in [1.29, 1.82) is 0 Å². The molecule has 5 nitrogen and oxygen atoms in total. The molecule has 0 amide bonds. The number of aliphatic hydroxyl groups excluding tert-OH is 1. The quantitative estimate of drug-likeness (QED) is 0.567. The van der Waals surface area contributed by atoms with E-state index < -0.39 is 6.10 Å². The zero-order chi connectivity index (χ0) is 16.8. The third-order valence-corrected chi connectivity index (χ3v) is 3.66. The summed E-state index contributed by atoms with van der Waals surface area (Å²) >= 11 is 11.8. The first-order chi connectivity index (χ1) is 11.0. The van der Waals surface area contributed by atoms with Crippen molar-refractivity contribution in [2.45, 2.75) is 6.10 Å². The van der Waals surface area contributed by atoms with Crippen molar-refractivity contribution in [2.24, 2.45) is 10.7 Å². The highest BCUT2D eigenvalue weighted by molar-refractivity contribution is 6.32. The highest BCUT2D eigenvalue weighted by Crippen LogP contribution is 2.27. The molecule has 0 aliphatic carbocycles. The van der Waals surface area contributed by atoms with Crippen LogP contribution in [0.25, 0.3) is 0 Å². The molecule has 0 spiro atoms. The Hall–Kier alpha value is -1.95. The van der Waals surface area contributed by atoms with E-state index in [2.05, 4.69) is 10.3 Å².